The third kappa shape index (κ3) is 6.30. The van der Waals surface area contributed by atoms with Crippen molar-refractivity contribution in [3.63, 3.8) is 0 Å². The van der Waals surface area contributed by atoms with E-state index in [-0.39, 0.29) is 29.7 Å². The van der Waals surface area contributed by atoms with Gasteiger partial charge in [0.15, 0.2) is 0 Å². The molecule has 2 fully saturated rings. The van der Waals surface area contributed by atoms with Crippen molar-refractivity contribution in [2.75, 3.05) is 26.2 Å². The molecule has 1 atom stereocenters. The molecule has 1 aliphatic heterocycles. The van der Waals surface area contributed by atoms with Crippen LogP contribution in [0.3, 0.4) is 0 Å². The number of aromatic nitrogens is 1. The Labute approximate surface area is 252 Å². The maximum absolute atomic E-state index is 13.7. The van der Waals surface area contributed by atoms with E-state index in [0.29, 0.717) is 56.6 Å². The van der Waals surface area contributed by atoms with Crippen molar-refractivity contribution in [2.45, 2.75) is 70.9 Å². The summed E-state index contributed by atoms with van der Waals surface area (Å²) in [6.07, 6.45) is 6.27. The van der Waals surface area contributed by atoms with Gasteiger partial charge in [-0.05, 0) is 62.8 Å². The van der Waals surface area contributed by atoms with Crippen molar-refractivity contribution in [3.8, 4) is 11.1 Å². The van der Waals surface area contributed by atoms with Crippen molar-refractivity contribution < 1.29 is 19.1 Å². The Bertz CT molecular complexity index is 1490. The number of halogens is 1. The van der Waals surface area contributed by atoms with Crippen LogP contribution in [0.25, 0.3) is 11.1 Å². The quantitative estimate of drug-likeness (QED) is 0.369. The van der Waals surface area contributed by atoms with Crippen LogP contribution in [0.5, 0.6) is 0 Å². The van der Waals surface area contributed by atoms with Crippen LogP contribution in [0.15, 0.2) is 71.7 Å². The monoisotopic (exact) mass is 587 g/mol. The number of pyridine rings is 1. The lowest BCUT2D eigenvalue weighted by atomic mass is 9.65. The Hall–Kier alpha value is -3.78. The highest BCUT2D eigenvalue weighted by atomic mass is 19.1. The molecular formula is C35H42FN3O4. The van der Waals surface area contributed by atoms with Gasteiger partial charge in [0.25, 0.3) is 11.5 Å². The SMILES string of the molecule is CCN(CC)C(=O)c1cn(CC2(O)CCN(C(=O)CCc3ccc(F)cc3)CC23CCCC3)c(=O)cc1-c1ccccc1. The first-order valence-electron chi connectivity index (χ1n) is 15.5. The Morgan fingerprint density at radius 3 is 2.30 bits per heavy atom. The molecule has 8 heteroatoms. The van der Waals surface area contributed by atoms with E-state index in [0.717, 1.165) is 36.8 Å². The molecule has 1 saturated heterocycles. The van der Waals surface area contributed by atoms with E-state index in [1.165, 1.54) is 22.8 Å². The maximum atomic E-state index is 13.7. The summed E-state index contributed by atoms with van der Waals surface area (Å²) in [5.74, 6) is -0.428. The van der Waals surface area contributed by atoms with Gasteiger partial charge >= 0.3 is 0 Å². The Morgan fingerprint density at radius 1 is 0.977 bits per heavy atom. The van der Waals surface area contributed by atoms with Gasteiger partial charge in [0.1, 0.15) is 5.82 Å². The van der Waals surface area contributed by atoms with E-state index in [4.69, 9.17) is 0 Å². The third-order valence-corrected chi connectivity index (χ3v) is 9.65. The minimum Gasteiger partial charge on any atom is -0.387 e. The summed E-state index contributed by atoms with van der Waals surface area (Å²) >= 11 is 0. The molecule has 1 spiro atoms. The predicted molar refractivity (Wildman–Crippen MR) is 165 cm³/mol. The van der Waals surface area contributed by atoms with Gasteiger partial charge in [-0.2, -0.15) is 0 Å². The van der Waals surface area contributed by atoms with Crippen LogP contribution in [0, 0.1) is 11.2 Å². The molecule has 228 valence electrons. The number of likely N-dealkylation sites (tertiary alicyclic amines) is 1. The van der Waals surface area contributed by atoms with Gasteiger partial charge in [0.2, 0.25) is 5.91 Å². The Kier molecular flexibility index (Phi) is 9.16. The number of nitrogens with zero attached hydrogens (tertiary/aromatic N) is 3. The highest BCUT2D eigenvalue weighted by molar-refractivity contribution is 6.00. The third-order valence-electron chi connectivity index (χ3n) is 9.65. The lowest BCUT2D eigenvalue weighted by Gasteiger charge is -2.52. The summed E-state index contributed by atoms with van der Waals surface area (Å²) in [6, 6.07) is 17.2. The maximum Gasteiger partial charge on any atom is 0.255 e. The molecule has 2 aliphatic rings. The first kappa shape index (κ1) is 30.7. The van der Waals surface area contributed by atoms with Crippen molar-refractivity contribution in [3.05, 3.63) is 94.2 Å². The molecule has 0 bridgehead atoms. The first-order chi connectivity index (χ1) is 20.7. The molecule has 2 aromatic carbocycles. The second-order valence-electron chi connectivity index (χ2n) is 12.1. The second kappa shape index (κ2) is 12.8. The van der Waals surface area contributed by atoms with E-state index < -0.39 is 11.0 Å². The standard InChI is InChI=1S/C35H42FN3O4/c1-3-37(4-2)33(42)30-23-39(32(41)22-29(30)27-10-6-5-7-11-27)25-35(43)20-21-38(24-34(35)18-8-9-19-34)31(40)17-14-26-12-15-28(36)16-13-26/h5-7,10-13,15-16,22-23,43H,3-4,8-9,14,17-21,24-25H2,1-2H3. The molecule has 1 saturated carbocycles. The summed E-state index contributed by atoms with van der Waals surface area (Å²) < 4.78 is 14.8. The lowest BCUT2D eigenvalue weighted by molar-refractivity contribution is -0.160. The topological polar surface area (TPSA) is 82.8 Å². The summed E-state index contributed by atoms with van der Waals surface area (Å²) in [5, 5.41) is 12.3. The molecule has 7 nitrogen and oxygen atoms in total. The van der Waals surface area contributed by atoms with Crippen LogP contribution >= 0.6 is 0 Å². The van der Waals surface area contributed by atoms with E-state index in [2.05, 4.69) is 0 Å². The number of benzene rings is 2. The fraction of sp³-hybridized carbons (Fsp3) is 0.457. The van der Waals surface area contributed by atoms with Gasteiger partial charge in [-0.3, -0.25) is 14.4 Å². The number of aliphatic hydroxyl groups is 1. The smallest absolute Gasteiger partial charge is 0.255 e. The predicted octanol–water partition coefficient (Wildman–Crippen LogP) is 5.29. The molecule has 2 heterocycles. The van der Waals surface area contributed by atoms with Crippen molar-refractivity contribution in [1.29, 1.82) is 0 Å². The zero-order valence-electron chi connectivity index (χ0n) is 25.2. The molecule has 3 aromatic rings. The van der Waals surface area contributed by atoms with Crippen LogP contribution in [-0.4, -0.2) is 63.1 Å². The highest BCUT2D eigenvalue weighted by Gasteiger charge is 2.55. The first-order valence-corrected chi connectivity index (χ1v) is 15.5. The molecule has 5 rings (SSSR count). The fourth-order valence-corrected chi connectivity index (χ4v) is 7.06. The zero-order chi connectivity index (χ0) is 30.6. The average molecular weight is 588 g/mol. The largest absolute Gasteiger partial charge is 0.387 e. The molecule has 2 amide bonds. The number of carbonyl (C=O) groups excluding carboxylic acids is 2. The lowest BCUT2D eigenvalue weighted by Crippen LogP contribution is -2.62. The van der Waals surface area contributed by atoms with Gasteiger partial charge in [0, 0.05) is 55.8 Å². The number of hydrogen-bond acceptors (Lipinski definition) is 4. The number of rotatable bonds is 9. The second-order valence-corrected chi connectivity index (χ2v) is 12.1. The molecule has 0 radical (unpaired) electrons. The van der Waals surface area contributed by atoms with Crippen LogP contribution in [0.2, 0.25) is 0 Å². The molecule has 1 unspecified atom stereocenters. The van der Waals surface area contributed by atoms with Crippen LogP contribution in [0.4, 0.5) is 4.39 Å². The van der Waals surface area contributed by atoms with Crippen molar-refractivity contribution >= 4 is 11.8 Å². The number of carbonyl (C=O) groups is 2. The van der Waals surface area contributed by atoms with Gasteiger partial charge in [-0.1, -0.05) is 55.3 Å². The van der Waals surface area contributed by atoms with Gasteiger partial charge in [-0.15, -0.1) is 0 Å². The Balaban J connectivity index is 1.41. The van der Waals surface area contributed by atoms with E-state index in [1.807, 2.05) is 49.1 Å². The molecule has 43 heavy (non-hydrogen) atoms. The number of amides is 2. The normalized spacial score (nSPS) is 19.5. The highest BCUT2D eigenvalue weighted by Crippen LogP contribution is 2.51. The number of hydrogen-bond donors (Lipinski definition) is 1. The van der Waals surface area contributed by atoms with Crippen LogP contribution in [0.1, 0.15) is 68.3 Å². The van der Waals surface area contributed by atoms with E-state index in [9.17, 15) is 23.9 Å². The van der Waals surface area contributed by atoms with Crippen molar-refractivity contribution in [2.24, 2.45) is 5.41 Å². The average Bonchev–Trinajstić information content (AvgIpc) is 3.50. The van der Waals surface area contributed by atoms with Crippen LogP contribution < -0.4 is 5.56 Å². The number of piperidine rings is 1. The van der Waals surface area contributed by atoms with Crippen molar-refractivity contribution in [1.82, 2.24) is 14.4 Å². The summed E-state index contributed by atoms with van der Waals surface area (Å²) in [4.78, 5) is 44.1. The summed E-state index contributed by atoms with van der Waals surface area (Å²) in [7, 11) is 0. The fourth-order valence-electron chi connectivity index (χ4n) is 7.06. The zero-order valence-corrected chi connectivity index (χ0v) is 25.2. The minimum atomic E-state index is -1.20. The van der Waals surface area contributed by atoms with Gasteiger partial charge < -0.3 is 19.5 Å². The van der Waals surface area contributed by atoms with Crippen LogP contribution in [-0.2, 0) is 17.8 Å². The molecular weight excluding hydrogens is 545 g/mol. The Morgan fingerprint density at radius 2 is 1.65 bits per heavy atom. The summed E-state index contributed by atoms with van der Waals surface area (Å²) in [6.45, 7) is 5.84. The van der Waals surface area contributed by atoms with E-state index in [1.54, 1.807) is 23.2 Å². The summed E-state index contributed by atoms with van der Waals surface area (Å²) in [5.41, 5.74) is 0.722. The minimum absolute atomic E-state index is 0.0223. The van der Waals surface area contributed by atoms with Gasteiger partial charge in [-0.25, -0.2) is 4.39 Å². The molecule has 1 aromatic heterocycles. The van der Waals surface area contributed by atoms with E-state index >= 15 is 0 Å². The molecule has 1 aliphatic carbocycles. The van der Waals surface area contributed by atoms with Gasteiger partial charge in [0.05, 0.1) is 17.7 Å². The molecule has 1 N–H and O–H groups in total. The number of aryl methyl sites for hydroxylation is 1.